The van der Waals surface area contributed by atoms with Crippen LogP contribution in [-0.2, 0) is 26.0 Å². The fourth-order valence-corrected chi connectivity index (χ4v) is 5.75. The predicted octanol–water partition coefficient (Wildman–Crippen LogP) is 0.375. The number of aliphatic hydroxyl groups excluding tert-OH is 1. The van der Waals surface area contributed by atoms with Crippen molar-refractivity contribution in [1.82, 2.24) is 19.7 Å². The molecule has 122 valence electrons. The first-order valence-electron chi connectivity index (χ1n) is 7.13. The monoisotopic (exact) mass is 386 g/mol. The van der Waals surface area contributed by atoms with Gasteiger partial charge in [-0.1, -0.05) is 0 Å². The van der Waals surface area contributed by atoms with Crippen molar-refractivity contribution in [2.75, 3.05) is 19.8 Å². The molecule has 0 aliphatic rings. The Balaban J connectivity index is 1.66. The summed E-state index contributed by atoms with van der Waals surface area (Å²) in [4.78, 5) is 6.44. The molecule has 1 atom stereocenters. The summed E-state index contributed by atoms with van der Waals surface area (Å²) in [5, 5.41) is 14.3. The molecule has 0 aliphatic carbocycles. The molecular formula is C14H23AsN4O2S. The summed E-state index contributed by atoms with van der Waals surface area (Å²) in [5.41, 5.74) is 0. The van der Waals surface area contributed by atoms with Gasteiger partial charge in [0, 0.05) is 0 Å². The van der Waals surface area contributed by atoms with Crippen molar-refractivity contribution in [3.63, 3.8) is 0 Å². The average Bonchev–Trinajstić information content (AvgIpc) is 3.05. The molecule has 1 N–H and O–H groups in total. The molecule has 0 bridgehead atoms. The van der Waals surface area contributed by atoms with Crippen molar-refractivity contribution in [2.45, 2.75) is 24.1 Å². The molecule has 8 heteroatoms. The number of nitrogens with zero attached hydrogens (tertiary/aromatic N) is 4. The maximum absolute atomic E-state index is 9.03. The van der Waals surface area contributed by atoms with Gasteiger partial charge in [0.1, 0.15) is 0 Å². The summed E-state index contributed by atoms with van der Waals surface area (Å²) in [6.45, 7) is 0.763. The topological polar surface area (TPSA) is 67.3 Å². The molecule has 0 spiro atoms. The summed E-state index contributed by atoms with van der Waals surface area (Å²) in [6.07, 6.45) is 0. The Labute approximate surface area is 142 Å². The summed E-state index contributed by atoms with van der Waals surface area (Å²) in [6, 6.07) is 4.12. The number of aromatic nitrogens is 3. The number of thioether (sulfide) groups is 1. The number of aliphatic hydroxyl groups is 1. The number of hydrogen-bond acceptors (Lipinski definition) is 6. The van der Waals surface area contributed by atoms with E-state index in [9.17, 15) is 0 Å². The molecule has 22 heavy (non-hydrogen) atoms. The first kappa shape index (κ1) is 17.6. The van der Waals surface area contributed by atoms with E-state index in [-0.39, 0.29) is 22.4 Å². The van der Waals surface area contributed by atoms with E-state index in [0.717, 1.165) is 39.4 Å². The Morgan fingerprint density at radius 1 is 1.36 bits per heavy atom. The van der Waals surface area contributed by atoms with Crippen LogP contribution in [0.2, 0.25) is 5.21 Å². The van der Waals surface area contributed by atoms with Crippen LogP contribution >= 0.6 is 11.8 Å². The van der Waals surface area contributed by atoms with E-state index in [1.54, 1.807) is 4.68 Å². The molecule has 0 saturated heterocycles. The second-order valence-electron chi connectivity index (χ2n) is 5.22. The maximum atomic E-state index is 9.03. The van der Waals surface area contributed by atoms with Crippen molar-refractivity contribution in [2.24, 2.45) is 7.05 Å². The average molecular weight is 386 g/mol. The number of rotatable bonds is 9. The second-order valence-corrected chi connectivity index (χ2v) is 9.05. The Hall–Kier alpha value is -0.752. The van der Waals surface area contributed by atoms with Gasteiger partial charge in [0.15, 0.2) is 0 Å². The van der Waals surface area contributed by atoms with Crippen molar-refractivity contribution in [3.8, 4) is 0 Å². The van der Waals surface area contributed by atoms with E-state index in [1.165, 1.54) is 0 Å². The van der Waals surface area contributed by atoms with Gasteiger partial charge in [-0.05, 0) is 0 Å². The zero-order valence-electron chi connectivity index (χ0n) is 13.2. The molecule has 0 aromatic carbocycles. The van der Waals surface area contributed by atoms with Gasteiger partial charge in [0.05, 0.1) is 0 Å². The first-order valence-corrected chi connectivity index (χ1v) is 10.8. The van der Waals surface area contributed by atoms with Gasteiger partial charge in [-0.15, -0.1) is 0 Å². The van der Waals surface area contributed by atoms with Crippen molar-refractivity contribution in [1.29, 1.82) is 0 Å². The first-order chi connectivity index (χ1) is 10.6. The fraction of sp³-hybridized carbons (Fsp3) is 0.571. The van der Waals surface area contributed by atoms with Gasteiger partial charge in [-0.2, -0.15) is 0 Å². The molecule has 2 rings (SSSR count). The van der Waals surface area contributed by atoms with E-state index in [0.29, 0.717) is 5.82 Å². The van der Waals surface area contributed by atoms with Crippen LogP contribution in [0.3, 0.4) is 0 Å². The van der Waals surface area contributed by atoms with Crippen LogP contribution in [0, 0.1) is 0 Å². The van der Waals surface area contributed by atoms with Crippen molar-refractivity contribution < 1.29 is 9.52 Å². The number of aryl methyl sites for hydroxylation is 1. The van der Waals surface area contributed by atoms with Gasteiger partial charge in [0.2, 0.25) is 0 Å². The zero-order chi connectivity index (χ0) is 15.9. The Morgan fingerprint density at radius 2 is 2.14 bits per heavy atom. The van der Waals surface area contributed by atoms with Crippen LogP contribution in [-0.4, -0.2) is 60.4 Å². The second kappa shape index (κ2) is 8.77. The predicted molar refractivity (Wildman–Crippen MR) is 90.8 cm³/mol. The van der Waals surface area contributed by atoms with Crippen LogP contribution < -0.4 is 4.61 Å². The molecular weight excluding hydrogens is 363 g/mol. The molecule has 0 amide bonds. The van der Waals surface area contributed by atoms with Crippen molar-refractivity contribution >= 4 is 32.1 Å². The summed E-state index contributed by atoms with van der Waals surface area (Å²) >= 11 is 1.60. The molecule has 0 fully saturated rings. The number of hydrogen-bond donors (Lipinski definition) is 1. The van der Waals surface area contributed by atoms with E-state index in [4.69, 9.17) is 9.52 Å². The minimum atomic E-state index is -0.289. The van der Waals surface area contributed by atoms with Crippen LogP contribution in [0.15, 0.2) is 16.5 Å². The van der Waals surface area contributed by atoms with E-state index < -0.39 is 0 Å². The summed E-state index contributed by atoms with van der Waals surface area (Å²) in [5.74, 6) is 4.61. The van der Waals surface area contributed by atoms with Crippen molar-refractivity contribution in [3.05, 3.63) is 29.5 Å². The Kier molecular flexibility index (Phi) is 7.02. The quantitative estimate of drug-likeness (QED) is 0.496. The van der Waals surface area contributed by atoms with Gasteiger partial charge in [0.25, 0.3) is 0 Å². The normalized spacial score (nSPS) is 12.0. The third kappa shape index (κ3) is 5.46. The third-order valence-electron chi connectivity index (χ3n) is 2.91. The summed E-state index contributed by atoms with van der Waals surface area (Å²) in [7, 11) is 5.97. The van der Waals surface area contributed by atoms with Crippen LogP contribution in [0.25, 0.3) is 0 Å². The molecule has 0 saturated carbocycles. The van der Waals surface area contributed by atoms with Crippen LogP contribution in [0.1, 0.15) is 17.3 Å². The van der Waals surface area contributed by atoms with E-state index >= 15 is 0 Å². The Bertz CT molecular complexity index is 585. The number of furan rings is 1. The fourth-order valence-electron chi connectivity index (χ4n) is 1.96. The van der Waals surface area contributed by atoms with Crippen LogP contribution in [0.4, 0.5) is 0 Å². The summed E-state index contributed by atoms with van der Waals surface area (Å²) < 4.78 is 8.64. The van der Waals surface area contributed by atoms with Gasteiger partial charge >= 0.3 is 142 Å². The standard InChI is InChI=1S/C14H23AsN4O2S/c1-18(2)8-11-4-5-12(21-11)10-22-7-6-15-14-16-13(9-20)17-19(14)3/h4-5,15,20H,6-10H2,1-3H3. The van der Waals surface area contributed by atoms with E-state index in [2.05, 4.69) is 27.1 Å². The van der Waals surface area contributed by atoms with Gasteiger partial charge < -0.3 is 0 Å². The minimum absolute atomic E-state index is 0.0808. The Morgan fingerprint density at radius 3 is 2.82 bits per heavy atom. The third-order valence-corrected chi connectivity index (χ3v) is 7.28. The zero-order valence-corrected chi connectivity index (χ0v) is 16.2. The SMILES string of the molecule is CN(C)Cc1ccc(CSCC[AsH]c2nc(CO)nn2C)o1. The van der Waals surface area contributed by atoms with Crippen LogP contribution in [0.5, 0.6) is 0 Å². The molecule has 2 heterocycles. The molecule has 2 aromatic rings. The molecule has 2 aromatic heterocycles. The molecule has 1 unspecified atom stereocenters. The molecule has 0 aliphatic heterocycles. The van der Waals surface area contributed by atoms with Gasteiger partial charge in [-0.25, -0.2) is 0 Å². The van der Waals surface area contributed by atoms with Gasteiger partial charge in [-0.3, -0.25) is 0 Å². The molecule has 6 nitrogen and oxygen atoms in total. The molecule has 0 radical (unpaired) electrons. The van der Waals surface area contributed by atoms with E-state index in [1.807, 2.05) is 32.9 Å².